The van der Waals surface area contributed by atoms with E-state index in [-0.39, 0.29) is 23.9 Å². The first-order chi connectivity index (χ1) is 11.5. The second-order valence-corrected chi connectivity index (χ2v) is 6.91. The summed E-state index contributed by atoms with van der Waals surface area (Å²) in [5.41, 5.74) is 0.778. The van der Waals surface area contributed by atoms with Crippen LogP contribution in [0.1, 0.15) is 19.4 Å². The number of hydrogen-bond acceptors (Lipinski definition) is 6. The Hall–Kier alpha value is -1.99. The lowest BCUT2D eigenvalue weighted by Crippen LogP contribution is -2.47. The summed E-state index contributed by atoms with van der Waals surface area (Å²) in [4.78, 5) is 19.0. The highest BCUT2D eigenvalue weighted by atomic mass is 32.2. The Balaban J connectivity index is 1.77. The molecule has 1 aromatic carbocycles. The minimum Gasteiger partial charge on any atom is -0.504 e. The Morgan fingerprint density at radius 1 is 1.38 bits per heavy atom. The van der Waals surface area contributed by atoms with Crippen LogP contribution in [0.2, 0.25) is 0 Å². The molecule has 0 aliphatic carbocycles. The molecule has 2 unspecified atom stereocenters. The van der Waals surface area contributed by atoms with E-state index in [9.17, 15) is 9.90 Å². The first-order valence-corrected chi connectivity index (χ1v) is 8.58. The summed E-state index contributed by atoms with van der Waals surface area (Å²) < 4.78 is 10.8. The number of benzene rings is 1. The first kappa shape index (κ1) is 16.9. The molecule has 1 amide bonds. The van der Waals surface area contributed by atoms with Gasteiger partial charge in [-0.1, -0.05) is 6.07 Å². The van der Waals surface area contributed by atoms with Gasteiger partial charge in [0.1, 0.15) is 0 Å². The third kappa shape index (κ3) is 3.57. The molecule has 128 valence electrons. The number of phenolic OH excluding ortho intramolecular Hbond substituents is 1. The molecule has 2 aliphatic rings. The number of morpholine rings is 1. The van der Waals surface area contributed by atoms with Crippen LogP contribution in [-0.2, 0) is 9.53 Å². The molecule has 6 nitrogen and oxygen atoms in total. The van der Waals surface area contributed by atoms with Crippen molar-refractivity contribution in [2.24, 2.45) is 4.99 Å². The van der Waals surface area contributed by atoms with Crippen LogP contribution in [0.25, 0.3) is 6.08 Å². The van der Waals surface area contributed by atoms with Gasteiger partial charge >= 0.3 is 0 Å². The number of ether oxygens (including phenoxy) is 2. The molecule has 7 heteroatoms. The average molecular weight is 348 g/mol. The highest BCUT2D eigenvalue weighted by molar-refractivity contribution is 8.18. The van der Waals surface area contributed by atoms with E-state index in [1.807, 2.05) is 13.8 Å². The summed E-state index contributed by atoms with van der Waals surface area (Å²) in [5, 5.41) is 10.4. The van der Waals surface area contributed by atoms with Gasteiger partial charge in [-0.15, -0.1) is 0 Å². The highest BCUT2D eigenvalue weighted by Gasteiger charge is 2.31. The van der Waals surface area contributed by atoms with Gasteiger partial charge < -0.3 is 19.5 Å². The Kier molecular flexibility index (Phi) is 4.82. The number of methoxy groups -OCH3 is 1. The predicted molar refractivity (Wildman–Crippen MR) is 94.3 cm³/mol. The molecule has 3 rings (SSSR count). The number of amidine groups is 1. The van der Waals surface area contributed by atoms with Gasteiger partial charge in [0.25, 0.3) is 5.91 Å². The minimum atomic E-state index is -0.242. The van der Waals surface area contributed by atoms with Crippen molar-refractivity contribution in [1.82, 2.24) is 4.90 Å². The quantitative estimate of drug-likeness (QED) is 0.828. The van der Waals surface area contributed by atoms with Crippen LogP contribution in [0, 0.1) is 0 Å². The lowest BCUT2D eigenvalue weighted by molar-refractivity contribution is -0.113. The number of aromatic hydroxyl groups is 1. The van der Waals surface area contributed by atoms with E-state index in [4.69, 9.17) is 9.47 Å². The maximum atomic E-state index is 12.2. The summed E-state index contributed by atoms with van der Waals surface area (Å²) in [6.45, 7) is 5.49. The Morgan fingerprint density at radius 3 is 2.75 bits per heavy atom. The number of phenols is 1. The van der Waals surface area contributed by atoms with Crippen LogP contribution < -0.4 is 4.74 Å². The molecule has 0 aromatic heterocycles. The second-order valence-electron chi connectivity index (χ2n) is 5.90. The number of carbonyl (C=O) groups is 1. The van der Waals surface area contributed by atoms with Crippen molar-refractivity contribution in [2.75, 3.05) is 20.2 Å². The van der Waals surface area contributed by atoms with Crippen molar-refractivity contribution in [2.45, 2.75) is 26.1 Å². The standard InChI is InChI=1S/C17H20N2O4S/c1-10-8-19(9-11(2)23-10)17-18-16(21)15(24-17)7-12-4-5-13(20)14(6-12)22-3/h4-7,10-11,20H,8-9H2,1-3H3/b15-7+. The fourth-order valence-electron chi connectivity index (χ4n) is 2.80. The molecular formula is C17H20N2O4S. The normalized spacial score (nSPS) is 26.0. The highest BCUT2D eigenvalue weighted by Crippen LogP contribution is 2.33. The number of carbonyl (C=O) groups excluding carboxylic acids is 1. The van der Waals surface area contributed by atoms with Gasteiger partial charge in [0, 0.05) is 13.1 Å². The average Bonchev–Trinajstić information content (AvgIpc) is 2.89. The fraction of sp³-hybridized carbons (Fsp3) is 0.412. The molecule has 0 bridgehead atoms. The van der Waals surface area contributed by atoms with Gasteiger partial charge in [0.05, 0.1) is 24.2 Å². The van der Waals surface area contributed by atoms with Crippen LogP contribution in [0.4, 0.5) is 0 Å². The lowest BCUT2D eigenvalue weighted by atomic mass is 10.2. The summed E-state index contributed by atoms with van der Waals surface area (Å²) in [6.07, 6.45) is 1.99. The lowest BCUT2D eigenvalue weighted by Gasteiger charge is -2.35. The maximum absolute atomic E-state index is 12.2. The summed E-state index contributed by atoms with van der Waals surface area (Å²) in [7, 11) is 1.49. The van der Waals surface area contributed by atoms with E-state index in [0.29, 0.717) is 10.7 Å². The molecule has 0 saturated carbocycles. The van der Waals surface area contributed by atoms with E-state index < -0.39 is 0 Å². The van der Waals surface area contributed by atoms with E-state index >= 15 is 0 Å². The van der Waals surface area contributed by atoms with Crippen molar-refractivity contribution in [1.29, 1.82) is 0 Å². The Bertz CT molecular complexity index is 707. The summed E-state index contributed by atoms with van der Waals surface area (Å²) >= 11 is 1.37. The molecule has 24 heavy (non-hydrogen) atoms. The number of hydrogen-bond donors (Lipinski definition) is 1. The zero-order valence-electron chi connectivity index (χ0n) is 13.9. The largest absolute Gasteiger partial charge is 0.504 e. The number of rotatable bonds is 2. The van der Waals surface area contributed by atoms with Crippen LogP contribution in [0.5, 0.6) is 11.5 Å². The molecule has 1 fully saturated rings. The minimum absolute atomic E-state index is 0.0679. The van der Waals surface area contributed by atoms with Gasteiger partial charge in [0.15, 0.2) is 16.7 Å². The molecule has 2 atom stereocenters. The van der Waals surface area contributed by atoms with Gasteiger partial charge in [-0.3, -0.25) is 4.79 Å². The van der Waals surface area contributed by atoms with Gasteiger partial charge in [-0.05, 0) is 49.4 Å². The van der Waals surface area contributed by atoms with Crippen molar-refractivity contribution >= 4 is 28.9 Å². The van der Waals surface area contributed by atoms with Gasteiger partial charge in [0.2, 0.25) is 0 Å². The maximum Gasteiger partial charge on any atom is 0.286 e. The molecule has 1 saturated heterocycles. The number of thioether (sulfide) groups is 1. The van der Waals surface area contributed by atoms with Crippen LogP contribution in [-0.4, -0.2) is 53.5 Å². The van der Waals surface area contributed by atoms with E-state index in [2.05, 4.69) is 9.89 Å². The third-order valence-corrected chi connectivity index (χ3v) is 4.85. The van der Waals surface area contributed by atoms with E-state index in [1.54, 1.807) is 24.3 Å². The number of aliphatic imine (C=N–C) groups is 1. The second kappa shape index (κ2) is 6.86. The van der Waals surface area contributed by atoms with Crippen LogP contribution in [0.3, 0.4) is 0 Å². The SMILES string of the molecule is COc1cc(/C=C2/SC(N3CC(C)OC(C)C3)=NC2=O)ccc1O. The summed E-state index contributed by atoms with van der Waals surface area (Å²) in [5.74, 6) is 0.198. The van der Waals surface area contributed by atoms with Crippen molar-refractivity contribution < 1.29 is 19.4 Å². The molecule has 2 aliphatic heterocycles. The van der Waals surface area contributed by atoms with Crippen LogP contribution in [0.15, 0.2) is 28.1 Å². The smallest absolute Gasteiger partial charge is 0.286 e. The van der Waals surface area contributed by atoms with Gasteiger partial charge in [-0.25, -0.2) is 0 Å². The molecule has 0 radical (unpaired) electrons. The molecular weight excluding hydrogens is 328 g/mol. The Morgan fingerprint density at radius 2 is 2.08 bits per heavy atom. The van der Waals surface area contributed by atoms with E-state index in [0.717, 1.165) is 23.8 Å². The number of amides is 1. The van der Waals surface area contributed by atoms with Crippen molar-refractivity contribution in [3.05, 3.63) is 28.7 Å². The zero-order chi connectivity index (χ0) is 17.3. The van der Waals surface area contributed by atoms with Crippen molar-refractivity contribution in [3.8, 4) is 11.5 Å². The van der Waals surface area contributed by atoms with Crippen molar-refractivity contribution in [3.63, 3.8) is 0 Å². The third-order valence-electron chi connectivity index (χ3n) is 3.80. The monoisotopic (exact) mass is 348 g/mol. The Labute approximate surface area is 145 Å². The van der Waals surface area contributed by atoms with Gasteiger partial charge in [-0.2, -0.15) is 4.99 Å². The summed E-state index contributed by atoms with van der Waals surface area (Å²) in [6, 6.07) is 4.96. The molecule has 1 aromatic rings. The van der Waals surface area contributed by atoms with Crippen LogP contribution >= 0.6 is 11.8 Å². The van der Waals surface area contributed by atoms with E-state index in [1.165, 1.54) is 18.9 Å². The fourth-order valence-corrected chi connectivity index (χ4v) is 3.73. The molecule has 0 spiro atoms. The zero-order valence-corrected chi connectivity index (χ0v) is 14.7. The topological polar surface area (TPSA) is 71.4 Å². The first-order valence-electron chi connectivity index (χ1n) is 7.76. The predicted octanol–water partition coefficient (Wildman–Crippen LogP) is 2.48. The number of nitrogens with zero attached hydrogens (tertiary/aromatic N) is 2. The molecule has 2 heterocycles. The molecule has 1 N–H and O–H groups in total.